The Morgan fingerprint density at radius 1 is 1.00 bits per heavy atom. The molecule has 0 atom stereocenters. The molecule has 0 aromatic heterocycles. The van der Waals surface area contributed by atoms with E-state index in [9.17, 15) is 0 Å². The van der Waals surface area contributed by atoms with Gasteiger partial charge in [0.05, 0.1) is 0 Å². The largest absolute Gasteiger partial charge is 0.0769 e. The normalized spacial score (nSPS) is 39.0. The van der Waals surface area contributed by atoms with Crippen molar-refractivity contribution in [3.8, 4) is 0 Å². The van der Waals surface area contributed by atoms with Crippen molar-refractivity contribution in [1.29, 1.82) is 0 Å². The van der Waals surface area contributed by atoms with Crippen LogP contribution in [0.2, 0.25) is 0 Å². The molecule has 0 nitrogen and oxygen atoms in total. The fourth-order valence-corrected chi connectivity index (χ4v) is 1.07. The molecule has 3 aliphatic rings. The Labute approximate surface area is 49.2 Å². The molecular weight excluding hydrogens is 96.1 g/mol. The SMILES string of the molecule is [C]1=CC2C=CC1C=C2. The summed E-state index contributed by atoms with van der Waals surface area (Å²) in [7, 11) is 0. The molecule has 0 amide bonds. The van der Waals surface area contributed by atoms with E-state index in [4.69, 9.17) is 0 Å². The van der Waals surface area contributed by atoms with E-state index in [1.54, 1.807) is 0 Å². The van der Waals surface area contributed by atoms with Gasteiger partial charge in [-0.05, 0) is 6.08 Å². The zero-order chi connectivity index (χ0) is 5.40. The molecule has 3 aliphatic carbocycles. The topological polar surface area (TPSA) is 0 Å². The van der Waals surface area contributed by atoms with Crippen molar-refractivity contribution in [1.82, 2.24) is 0 Å². The maximum atomic E-state index is 3.22. The van der Waals surface area contributed by atoms with Gasteiger partial charge in [0.1, 0.15) is 0 Å². The Kier molecular flexibility index (Phi) is 0.696. The van der Waals surface area contributed by atoms with Crippen LogP contribution in [0.3, 0.4) is 0 Å². The Balaban J connectivity index is 2.39. The first-order valence-electron chi connectivity index (χ1n) is 2.91. The van der Waals surface area contributed by atoms with Crippen molar-refractivity contribution in [2.75, 3.05) is 0 Å². The molecular formula is C8H7. The van der Waals surface area contributed by atoms with Gasteiger partial charge in [-0.2, -0.15) is 0 Å². The summed E-state index contributed by atoms with van der Waals surface area (Å²) in [6, 6.07) is 0. The van der Waals surface area contributed by atoms with Crippen LogP contribution in [0.5, 0.6) is 0 Å². The first kappa shape index (κ1) is 4.13. The summed E-state index contributed by atoms with van der Waals surface area (Å²) in [5.41, 5.74) is 0. The minimum atomic E-state index is 0.486. The molecule has 8 heavy (non-hydrogen) atoms. The van der Waals surface area contributed by atoms with Crippen molar-refractivity contribution in [2.24, 2.45) is 11.8 Å². The van der Waals surface area contributed by atoms with E-state index in [0.29, 0.717) is 11.8 Å². The minimum Gasteiger partial charge on any atom is -0.0769 e. The van der Waals surface area contributed by atoms with E-state index in [2.05, 4.69) is 36.5 Å². The third kappa shape index (κ3) is 0.460. The van der Waals surface area contributed by atoms with Crippen molar-refractivity contribution < 1.29 is 0 Å². The molecule has 0 saturated heterocycles. The van der Waals surface area contributed by atoms with E-state index >= 15 is 0 Å². The molecule has 0 heteroatoms. The predicted molar refractivity (Wildman–Crippen MR) is 33.1 cm³/mol. The molecule has 0 unspecified atom stereocenters. The molecule has 0 spiro atoms. The van der Waals surface area contributed by atoms with Crippen LogP contribution in [0.4, 0.5) is 0 Å². The summed E-state index contributed by atoms with van der Waals surface area (Å²) in [4.78, 5) is 0. The lowest BCUT2D eigenvalue weighted by atomic mass is 9.89. The van der Waals surface area contributed by atoms with Gasteiger partial charge < -0.3 is 0 Å². The van der Waals surface area contributed by atoms with Gasteiger partial charge in [-0.3, -0.25) is 0 Å². The molecule has 0 heterocycles. The summed E-state index contributed by atoms with van der Waals surface area (Å²) < 4.78 is 0. The van der Waals surface area contributed by atoms with Gasteiger partial charge in [-0.25, -0.2) is 0 Å². The molecule has 0 saturated carbocycles. The summed E-state index contributed by atoms with van der Waals surface area (Å²) in [6.45, 7) is 0. The lowest BCUT2D eigenvalue weighted by Gasteiger charge is -2.16. The molecule has 1 radical (unpaired) electrons. The quantitative estimate of drug-likeness (QED) is 0.409. The molecule has 0 fully saturated rings. The Morgan fingerprint density at radius 2 is 1.75 bits per heavy atom. The van der Waals surface area contributed by atoms with Crippen molar-refractivity contribution in [2.45, 2.75) is 0 Å². The summed E-state index contributed by atoms with van der Waals surface area (Å²) in [5, 5.41) is 0. The zero-order valence-electron chi connectivity index (χ0n) is 4.54. The van der Waals surface area contributed by atoms with Crippen LogP contribution in [0, 0.1) is 17.9 Å². The van der Waals surface area contributed by atoms with Crippen LogP contribution in [0.1, 0.15) is 0 Å². The van der Waals surface area contributed by atoms with Crippen molar-refractivity contribution >= 4 is 0 Å². The van der Waals surface area contributed by atoms with Crippen LogP contribution in [-0.4, -0.2) is 0 Å². The molecule has 0 aliphatic heterocycles. The van der Waals surface area contributed by atoms with Gasteiger partial charge in [-0.1, -0.05) is 30.4 Å². The Bertz CT molecular complexity index is 121. The Hall–Kier alpha value is -0.780. The average Bonchev–Trinajstić information content (AvgIpc) is 1.92. The molecule has 3 rings (SSSR count). The van der Waals surface area contributed by atoms with Gasteiger partial charge in [0.2, 0.25) is 0 Å². The summed E-state index contributed by atoms with van der Waals surface area (Å²) in [5.74, 6) is 1.04. The highest BCUT2D eigenvalue weighted by molar-refractivity contribution is 5.25. The van der Waals surface area contributed by atoms with Gasteiger partial charge in [-0.15, -0.1) is 0 Å². The second kappa shape index (κ2) is 1.35. The van der Waals surface area contributed by atoms with Crippen LogP contribution < -0.4 is 0 Å². The fourth-order valence-electron chi connectivity index (χ4n) is 1.07. The maximum absolute atomic E-state index is 3.22. The number of hydrogen-bond donors (Lipinski definition) is 0. The number of rotatable bonds is 0. The van der Waals surface area contributed by atoms with E-state index in [-0.39, 0.29) is 0 Å². The van der Waals surface area contributed by atoms with Crippen LogP contribution in [0.25, 0.3) is 0 Å². The average molecular weight is 103 g/mol. The highest BCUT2D eigenvalue weighted by atomic mass is 14.1. The van der Waals surface area contributed by atoms with Crippen molar-refractivity contribution in [3.05, 3.63) is 36.5 Å². The summed E-state index contributed by atoms with van der Waals surface area (Å²) in [6.07, 6.45) is 14.1. The van der Waals surface area contributed by atoms with Crippen LogP contribution >= 0.6 is 0 Å². The van der Waals surface area contributed by atoms with E-state index < -0.39 is 0 Å². The predicted octanol–water partition coefficient (Wildman–Crippen LogP) is 1.72. The molecule has 0 aromatic carbocycles. The smallest absolute Gasteiger partial charge is 0.0199 e. The van der Waals surface area contributed by atoms with Gasteiger partial charge in [0.25, 0.3) is 0 Å². The highest BCUT2D eigenvalue weighted by Gasteiger charge is 2.09. The van der Waals surface area contributed by atoms with Gasteiger partial charge in [0, 0.05) is 11.8 Å². The van der Waals surface area contributed by atoms with Crippen molar-refractivity contribution in [3.63, 3.8) is 0 Å². The second-order valence-electron chi connectivity index (χ2n) is 2.21. The standard InChI is InChI=1S/C8H7/c1-2-8-5-3-7(1)4-6-8/h1-5,7-8H. The zero-order valence-corrected chi connectivity index (χ0v) is 4.54. The monoisotopic (exact) mass is 103 g/mol. The third-order valence-corrected chi connectivity index (χ3v) is 1.56. The molecule has 0 N–H and O–H groups in total. The third-order valence-electron chi connectivity index (χ3n) is 1.56. The van der Waals surface area contributed by atoms with Crippen LogP contribution in [0.15, 0.2) is 30.4 Å². The maximum Gasteiger partial charge on any atom is 0.0199 e. The Morgan fingerprint density at radius 3 is 1.88 bits per heavy atom. The highest BCUT2D eigenvalue weighted by Crippen LogP contribution is 2.21. The first-order valence-corrected chi connectivity index (χ1v) is 2.91. The van der Waals surface area contributed by atoms with Gasteiger partial charge >= 0.3 is 0 Å². The van der Waals surface area contributed by atoms with E-state index in [1.807, 2.05) is 0 Å². The van der Waals surface area contributed by atoms with E-state index in [1.165, 1.54) is 0 Å². The lowest BCUT2D eigenvalue weighted by molar-refractivity contribution is 0.856. The van der Waals surface area contributed by atoms with Crippen LogP contribution in [-0.2, 0) is 0 Å². The number of hydrogen-bond acceptors (Lipinski definition) is 0. The second-order valence-corrected chi connectivity index (χ2v) is 2.21. The number of allylic oxidation sites excluding steroid dienone is 6. The summed E-state index contributed by atoms with van der Waals surface area (Å²) >= 11 is 0. The lowest BCUT2D eigenvalue weighted by Crippen LogP contribution is -2.04. The minimum absolute atomic E-state index is 0.486. The molecule has 39 valence electrons. The van der Waals surface area contributed by atoms with E-state index in [0.717, 1.165) is 0 Å². The molecule has 0 aromatic rings. The first-order chi connectivity index (χ1) is 3.95. The molecule has 2 bridgehead atoms. The van der Waals surface area contributed by atoms with Gasteiger partial charge in [0.15, 0.2) is 0 Å². The fraction of sp³-hybridized carbons (Fsp3) is 0.250.